The number of hydrogen-bond acceptors (Lipinski definition) is 2. The molecule has 0 aliphatic rings. The first-order valence-electron chi connectivity index (χ1n) is 3.16. The van der Waals surface area contributed by atoms with Crippen molar-refractivity contribution in [1.29, 1.82) is 0 Å². The van der Waals surface area contributed by atoms with Gasteiger partial charge in [0, 0.05) is 0 Å². The van der Waals surface area contributed by atoms with Gasteiger partial charge < -0.3 is 0 Å². The van der Waals surface area contributed by atoms with Crippen molar-refractivity contribution >= 4 is 30.4 Å². The summed E-state index contributed by atoms with van der Waals surface area (Å²) in [6.07, 6.45) is 0. The van der Waals surface area contributed by atoms with Gasteiger partial charge in [0.1, 0.15) is 0 Å². The Morgan fingerprint density at radius 2 is 1.91 bits per heavy atom. The predicted molar refractivity (Wildman–Crippen MR) is 44.3 cm³/mol. The van der Waals surface area contributed by atoms with E-state index in [4.69, 9.17) is 0 Å². The maximum absolute atomic E-state index is 10.2. The predicted octanol–water partition coefficient (Wildman–Crippen LogP) is 0.972. The van der Waals surface area contributed by atoms with Gasteiger partial charge in [-0.2, -0.15) is 0 Å². The summed E-state index contributed by atoms with van der Waals surface area (Å²) < 4.78 is 1.29. The van der Waals surface area contributed by atoms with Gasteiger partial charge in [0.05, 0.1) is 0 Å². The molecule has 0 bridgehead atoms. The molecule has 0 aliphatic carbocycles. The molecule has 0 saturated carbocycles. The zero-order chi connectivity index (χ0) is 8.27. The van der Waals surface area contributed by atoms with E-state index < -0.39 is 21.1 Å². The van der Waals surface area contributed by atoms with E-state index in [1.807, 2.05) is 12.1 Å². The number of hydrogen-bond donors (Lipinski definition) is 0. The normalized spacial score (nSPS) is 9.55. The second kappa shape index (κ2) is 3.71. The van der Waals surface area contributed by atoms with E-state index in [1.165, 1.54) is 3.58 Å². The molecule has 0 atom stereocenters. The number of non-ortho nitro benzene ring substituents is 1. The second-order valence-corrected chi connectivity index (χ2v) is 5.13. The average molecular weight is 256 g/mol. The monoisotopic (exact) mass is 257 g/mol. The van der Waals surface area contributed by atoms with Gasteiger partial charge in [-0.1, -0.05) is 0 Å². The van der Waals surface area contributed by atoms with Crippen LogP contribution in [-0.2, 0) is 0 Å². The van der Waals surface area contributed by atoms with Crippen LogP contribution in [0, 0.1) is 10.1 Å². The van der Waals surface area contributed by atoms with Crippen LogP contribution in [-0.4, -0.2) is 26.1 Å². The Kier molecular flexibility index (Phi) is 2.87. The van der Waals surface area contributed by atoms with Gasteiger partial charge >= 0.3 is 74.7 Å². The SMILES string of the molecule is [CH3][Sn][c]1ccc([N+](=O)[O-])cc1. The Bertz CT molecular complexity index is 258. The van der Waals surface area contributed by atoms with Crippen LogP contribution in [0.4, 0.5) is 5.69 Å². The molecule has 4 heteroatoms. The van der Waals surface area contributed by atoms with Gasteiger partial charge in [0.15, 0.2) is 0 Å². The van der Waals surface area contributed by atoms with E-state index in [0.717, 1.165) is 0 Å². The Morgan fingerprint density at radius 3 is 2.27 bits per heavy atom. The first kappa shape index (κ1) is 8.51. The van der Waals surface area contributed by atoms with Gasteiger partial charge in [-0.05, 0) is 0 Å². The fourth-order valence-electron chi connectivity index (χ4n) is 0.750. The van der Waals surface area contributed by atoms with Crippen LogP contribution >= 0.6 is 0 Å². The summed E-state index contributed by atoms with van der Waals surface area (Å²) in [4.78, 5) is 12.0. The van der Waals surface area contributed by atoms with Gasteiger partial charge in [-0.25, -0.2) is 0 Å². The van der Waals surface area contributed by atoms with E-state index >= 15 is 0 Å². The zero-order valence-corrected chi connectivity index (χ0v) is 8.93. The van der Waals surface area contributed by atoms with Crippen molar-refractivity contribution < 1.29 is 4.92 Å². The van der Waals surface area contributed by atoms with Gasteiger partial charge in [-0.3, -0.25) is 0 Å². The van der Waals surface area contributed by atoms with Crippen molar-refractivity contribution in [2.45, 2.75) is 4.94 Å². The zero-order valence-electron chi connectivity index (χ0n) is 6.07. The third-order valence-electron chi connectivity index (χ3n) is 1.37. The Hall–Kier alpha value is -0.581. The second-order valence-electron chi connectivity index (χ2n) is 2.05. The molecule has 11 heavy (non-hydrogen) atoms. The molecule has 0 saturated heterocycles. The quantitative estimate of drug-likeness (QED) is 0.449. The van der Waals surface area contributed by atoms with Crippen LogP contribution in [0.5, 0.6) is 0 Å². The standard InChI is InChI=1S/C6H4NO2.CH3.Sn/c8-7(9)6-4-2-1-3-5-6;;/h2-5H;1H3;. The molecule has 1 aromatic carbocycles. The van der Waals surface area contributed by atoms with E-state index in [2.05, 4.69) is 4.94 Å². The molecule has 0 spiro atoms. The molecule has 0 N–H and O–H groups in total. The molecule has 0 fully saturated rings. The van der Waals surface area contributed by atoms with Crippen LogP contribution in [0.15, 0.2) is 24.3 Å². The molecule has 56 valence electrons. The average Bonchev–Trinajstić information content (AvgIpc) is 2.05. The van der Waals surface area contributed by atoms with Crippen molar-refractivity contribution in [2.75, 3.05) is 0 Å². The van der Waals surface area contributed by atoms with Gasteiger partial charge in [0.25, 0.3) is 0 Å². The van der Waals surface area contributed by atoms with Crippen molar-refractivity contribution in [1.82, 2.24) is 0 Å². The molecular weight excluding hydrogens is 249 g/mol. The van der Waals surface area contributed by atoms with Gasteiger partial charge in [-0.15, -0.1) is 0 Å². The van der Waals surface area contributed by atoms with Crippen molar-refractivity contribution in [3.05, 3.63) is 34.4 Å². The Morgan fingerprint density at radius 1 is 1.36 bits per heavy atom. The summed E-state index contributed by atoms with van der Waals surface area (Å²) in [6, 6.07) is 6.84. The molecule has 0 aromatic heterocycles. The van der Waals surface area contributed by atoms with Crippen molar-refractivity contribution in [3.8, 4) is 0 Å². The minimum atomic E-state index is -0.415. The molecule has 2 radical (unpaired) electrons. The van der Waals surface area contributed by atoms with Gasteiger partial charge in [0.2, 0.25) is 0 Å². The fraction of sp³-hybridized carbons (Fsp3) is 0.143. The maximum atomic E-state index is 10.2. The Labute approximate surface area is 74.8 Å². The fourth-order valence-corrected chi connectivity index (χ4v) is 2.18. The first-order chi connectivity index (χ1) is 5.24. The van der Waals surface area contributed by atoms with E-state index in [-0.39, 0.29) is 10.6 Å². The molecule has 0 heterocycles. The Balaban J connectivity index is 2.91. The van der Waals surface area contributed by atoms with Crippen LogP contribution in [0.1, 0.15) is 0 Å². The minimum absolute atomic E-state index is 0.182. The van der Waals surface area contributed by atoms with E-state index in [1.54, 1.807) is 12.1 Å². The molecule has 1 rings (SSSR count). The van der Waals surface area contributed by atoms with Crippen molar-refractivity contribution in [2.24, 2.45) is 0 Å². The molecule has 0 aliphatic heterocycles. The number of nitro benzene ring substituents is 1. The number of nitrogens with zero attached hydrogens (tertiary/aromatic N) is 1. The van der Waals surface area contributed by atoms with Crippen molar-refractivity contribution in [3.63, 3.8) is 0 Å². The topological polar surface area (TPSA) is 43.1 Å². The number of nitro groups is 1. The number of benzene rings is 1. The summed E-state index contributed by atoms with van der Waals surface area (Å²) in [6.45, 7) is 0. The van der Waals surface area contributed by atoms with Crippen LogP contribution in [0.25, 0.3) is 0 Å². The van der Waals surface area contributed by atoms with Crippen LogP contribution in [0.2, 0.25) is 4.94 Å². The summed E-state index contributed by atoms with van der Waals surface area (Å²) in [5.41, 5.74) is 0.182. The summed E-state index contributed by atoms with van der Waals surface area (Å²) >= 11 is -0.415. The summed E-state index contributed by atoms with van der Waals surface area (Å²) in [5.74, 6) is 0. The third kappa shape index (κ3) is 2.18. The number of rotatable bonds is 2. The van der Waals surface area contributed by atoms with Crippen LogP contribution < -0.4 is 3.58 Å². The van der Waals surface area contributed by atoms with E-state index in [0.29, 0.717) is 0 Å². The molecule has 1 aromatic rings. The third-order valence-corrected chi connectivity index (χ3v) is 3.97. The molecule has 0 unspecified atom stereocenters. The summed E-state index contributed by atoms with van der Waals surface area (Å²) in [7, 11) is 0. The first-order valence-corrected chi connectivity index (χ1v) is 7.44. The van der Waals surface area contributed by atoms with Crippen LogP contribution in [0.3, 0.4) is 0 Å². The summed E-state index contributed by atoms with van der Waals surface area (Å²) in [5, 5.41) is 10.2. The molecular formula is C7H7NO2Sn. The van der Waals surface area contributed by atoms with E-state index in [9.17, 15) is 10.1 Å². The molecule has 0 amide bonds. The molecule has 3 nitrogen and oxygen atoms in total.